The molecule has 0 aliphatic rings. The van der Waals surface area contributed by atoms with Gasteiger partial charge in [-0.2, -0.15) is 0 Å². The first kappa shape index (κ1) is 22.6. The first-order valence-corrected chi connectivity index (χ1v) is 10.9. The maximum Gasteiger partial charge on any atom is 0.335 e. The van der Waals surface area contributed by atoms with Crippen LogP contribution in [0.15, 0.2) is 54.2 Å². The van der Waals surface area contributed by atoms with E-state index in [0.717, 1.165) is 29.1 Å². The SMILES string of the molecule is CCCCOc1cc(N(Cc2cncs2)c2ccc(C(=O)O)cc2)ccc1OC(C)F. The van der Waals surface area contributed by atoms with Crippen LogP contribution in [0, 0.1) is 0 Å². The number of aromatic nitrogens is 1. The molecule has 31 heavy (non-hydrogen) atoms. The van der Waals surface area contributed by atoms with Crippen LogP contribution in [0.25, 0.3) is 0 Å². The average molecular weight is 445 g/mol. The molecule has 1 N–H and O–H groups in total. The Kier molecular flexibility index (Phi) is 7.83. The first-order chi connectivity index (χ1) is 15.0. The van der Waals surface area contributed by atoms with E-state index < -0.39 is 12.3 Å². The van der Waals surface area contributed by atoms with E-state index >= 15 is 0 Å². The molecule has 1 heterocycles. The molecule has 0 radical (unpaired) electrons. The van der Waals surface area contributed by atoms with E-state index in [1.54, 1.807) is 42.0 Å². The summed E-state index contributed by atoms with van der Waals surface area (Å²) in [5.74, 6) is -0.172. The van der Waals surface area contributed by atoms with E-state index in [1.807, 2.05) is 17.0 Å². The summed E-state index contributed by atoms with van der Waals surface area (Å²) in [6, 6.07) is 12.0. The van der Waals surface area contributed by atoms with E-state index in [9.17, 15) is 14.3 Å². The predicted octanol–water partition coefficient (Wildman–Crippen LogP) is 6.05. The number of ether oxygens (including phenoxy) is 2. The Balaban J connectivity index is 1.98. The highest BCUT2D eigenvalue weighted by molar-refractivity contribution is 7.09. The highest BCUT2D eigenvalue weighted by Gasteiger charge is 2.17. The van der Waals surface area contributed by atoms with Crippen molar-refractivity contribution in [1.82, 2.24) is 4.98 Å². The van der Waals surface area contributed by atoms with Gasteiger partial charge in [0.2, 0.25) is 6.36 Å². The summed E-state index contributed by atoms with van der Waals surface area (Å²) in [7, 11) is 0. The topological polar surface area (TPSA) is 71.9 Å². The number of thiazole rings is 1. The third kappa shape index (κ3) is 6.18. The Morgan fingerprint density at radius 2 is 1.94 bits per heavy atom. The first-order valence-electron chi connectivity index (χ1n) is 10.0. The Morgan fingerprint density at radius 3 is 2.55 bits per heavy atom. The van der Waals surface area contributed by atoms with Crippen molar-refractivity contribution in [1.29, 1.82) is 0 Å². The van der Waals surface area contributed by atoms with Crippen molar-refractivity contribution in [2.45, 2.75) is 39.6 Å². The van der Waals surface area contributed by atoms with E-state index in [1.165, 1.54) is 18.3 Å². The highest BCUT2D eigenvalue weighted by Crippen LogP contribution is 2.37. The summed E-state index contributed by atoms with van der Waals surface area (Å²) < 4.78 is 24.7. The average Bonchev–Trinajstić information content (AvgIpc) is 3.26. The second kappa shape index (κ2) is 10.8. The maximum atomic E-state index is 13.5. The van der Waals surface area contributed by atoms with Crippen molar-refractivity contribution >= 4 is 28.7 Å². The highest BCUT2D eigenvalue weighted by atomic mass is 32.1. The molecule has 2 aromatic carbocycles. The minimum absolute atomic E-state index is 0.214. The van der Waals surface area contributed by atoms with Crippen LogP contribution in [0.1, 0.15) is 41.9 Å². The number of halogens is 1. The molecule has 0 saturated heterocycles. The van der Waals surface area contributed by atoms with Crippen LogP contribution >= 0.6 is 11.3 Å². The molecule has 0 bridgehead atoms. The van der Waals surface area contributed by atoms with Crippen molar-refractivity contribution in [3.63, 3.8) is 0 Å². The quantitative estimate of drug-likeness (QED) is 0.363. The molecule has 8 heteroatoms. The zero-order chi connectivity index (χ0) is 22.2. The molecule has 164 valence electrons. The van der Waals surface area contributed by atoms with Crippen LogP contribution in [0.5, 0.6) is 11.5 Å². The summed E-state index contributed by atoms with van der Waals surface area (Å²) >= 11 is 1.53. The molecule has 6 nitrogen and oxygen atoms in total. The molecule has 3 rings (SSSR count). The normalized spacial score (nSPS) is 11.7. The van der Waals surface area contributed by atoms with Gasteiger partial charge in [0.15, 0.2) is 11.5 Å². The van der Waals surface area contributed by atoms with Crippen LogP contribution in [-0.4, -0.2) is 29.0 Å². The summed E-state index contributed by atoms with van der Waals surface area (Å²) in [5.41, 5.74) is 3.60. The molecule has 0 fully saturated rings. The molecule has 0 aliphatic carbocycles. The molecule has 1 unspecified atom stereocenters. The maximum absolute atomic E-state index is 13.5. The fraction of sp³-hybridized carbons (Fsp3) is 0.304. The molecule has 0 aliphatic heterocycles. The Labute approximate surface area is 184 Å². The van der Waals surface area contributed by atoms with Crippen LogP contribution in [0.3, 0.4) is 0 Å². The molecular formula is C23H25FN2O4S. The smallest absolute Gasteiger partial charge is 0.335 e. The molecule has 0 saturated carbocycles. The number of aromatic carboxylic acids is 1. The number of benzene rings is 2. The van der Waals surface area contributed by atoms with Gasteiger partial charge in [0.1, 0.15) is 0 Å². The minimum Gasteiger partial charge on any atom is -0.490 e. The van der Waals surface area contributed by atoms with Crippen molar-refractivity contribution in [3.8, 4) is 11.5 Å². The fourth-order valence-electron chi connectivity index (χ4n) is 2.97. The summed E-state index contributed by atoms with van der Waals surface area (Å²) in [4.78, 5) is 18.4. The molecular weight excluding hydrogens is 419 g/mol. The van der Waals surface area contributed by atoms with E-state index in [-0.39, 0.29) is 5.56 Å². The van der Waals surface area contributed by atoms with Crippen LogP contribution in [0.4, 0.5) is 15.8 Å². The lowest BCUT2D eigenvalue weighted by atomic mass is 10.1. The molecule has 0 amide bonds. The number of hydrogen-bond acceptors (Lipinski definition) is 6. The zero-order valence-corrected chi connectivity index (χ0v) is 18.3. The lowest BCUT2D eigenvalue weighted by Gasteiger charge is -2.26. The van der Waals surface area contributed by atoms with Gasteiger partial charge in [0.05, 0.1) is 24.2 Å². The Hall–Kier alpha value is -3.13. The van der Waals surface area contributed by atoms with Gasteiger partial charge < -0.3 is 19.5 Å². The van der Waals surface area contributed by atoms with Gasteiger partial charge in [0.25, 0.3) is 0 Å². The largest absolute Gasteiger partial charge is 0.490 e. The van der Waals surface area contributed by atoms with E-state index in [2.05, 4.69) is 11.9 Å². The number of alkyl halides is 1. The number of nitrogens with zero attached hydrogens (tertiary/aromatic N) is 2. The van der Waals surface area contributed by atoms with Crippen molar-refractivity contribution < 1.29 is 23.8 Å². The second-order valence-electron chi connectivity index (χ2n) is 6.90. The van der Waals surface area contributed by atoms with Gasteiger partial charge in [-0.1, -0.05) is 13.3 Å². The van der Waals surface area contributed by atoms with Crippen LogP contribution in [0.2, 0.25) is 0 Å². The molecule has 3 aromatic rings. The van der Waals surface area contributed by atoms with Crippen molar-refractivity contribution in [2.75, 3.05) is 11.5 Å². The monoisotopic (exact) mass is 444 g/mol. The second-order valence-corrected chi connectivity index (χ2v) is 7.87. The predicted molar refractivity (Wildman–Crippen MR) is 119 cm³/mol. The molecule has 0 spiro atoms. The Bertz CT molecular complexity index is 978. The number of hydrogen-bond donors (Lipinski definition) is 1. The van der Waals surface area contributed by atoms with Crippen LogP contribution in [-0.2, 0) is 6.54 Å². The van der Waals surface area contributed by atoms with Gasteiger partial charge in [-0.25, -0.2) is 9.18 Å². The van der Waals surface area contributed by atoms with Gasteiger partial charge in [-0.15, -0.1) is 11.3 Å². The van der Waals surface area contributed by atoms with Gasteiger partial charge >= 0.3 is 5.97 Å². The summed E-state index contributed by atoms with van der Waals surface area (Å²) in [6.45, 7) is 4.42. The van der Waals surface area contributed by atoms with Crippen molar-refractivity contribution in [3.05, 3.63) is 64.6 Å². The van der Waals surface area contributed by atoms with Gasteiger partial charge in [-0.3, -0.25) is 4.98 Å². The number of carbonyl (C=O) groups is 1. The summed E-state index contributed by atoms with van der Waals surface area (Å²) in [5, 5.41) is 9.20. The lowest BCUT2D eigenvalue weighted by molar-refractivity contribution is 0.0696. The third-order valence-corrected chi connectivity index (χ3v) is 5.27. The standard InChI is InChI=1S/C23H25FN2O4S/c1-3-4-11-29-22-12-19(9-10-21(22)30-16(2)24)26(14-20-13-25-15-31-20)18-7-5-17(6-8-18)23(27)28/h5-10,12-13,15-16H,3-4,11,14H2,1-2H3,(H,27,28). The fourth-order valence-corrected chi connectivity index (χ4v) is 3.55. The van der Waals surface area contributed by atoms with Gasteiger partial charge in [-0.05, 0) is 42.8 Å². The third-order valence-electron chi connectivity index (χ3n) is 4.51. The van der Waals surface area contributed by atoms with E-state index in [0.29, 0.717) is 24.7 Å². The minimum atomic E-state index is -1.46. The summed E-state index contributed by atoms with van der Waals surface area (Å²) in [6.07, 6.45) is 2.18. The van der Waals surface area contributed by atoms with Crippen molar-refractivity contribution in [2.24, 2.45) is 0 Å². The number of rotatable bonds is 11. The number of anilines is 2. The zero-order valence-electron chi connectivity index (χ0n) is 17.5. The van der Waals surface area contributed by atoms with E-state index in [4.69, 9.17) is 9.47 Å². The molecule has 1 atom stereocenters. The molecule has 1 aromatic heterocycles. The lowest BCUT2D eigenvalue weighted by Crippen LogP contribution is -2.16. The number of unbranched alkanes of at least 4 members (excludes halogenated alkanes) is 1. The Morgan fingerprint density at radius 1 is 1.19 bits per heavy atom. The van der Waals surface area contributed by atoms with Crippen LogP contribution < -0.4 is 14.4 Å². The van der Waals surface area contributed by atoms with Gasteiger partial charge in [0, 0.05) is 35.4 Å². The number of carboxylic acid groups (broad SMARTS) is 1. The number of carboxylic acids is 1.